The molecule has 1 aromatic heterocycles. The van der Waals surface area contributed by atoms with Gasteiger partial charge in [-0.3, -0.25) is 9.69 Å². The van der Waals surface area contributed by atoms with Gasteiger partial charge in [0, 0.05) is 0 Å². The van der Waals surface area contributed by atoms with Gasteiger partial charge in [-0.05, 0) is 25.6 Å². The number of carbonyl (C=O) groups excluding carboxylic acids is 1. The molecule has 1 unspecified atom stereocenters. The third kappa shape index (κ3) is 3.93. The van der Waals surface area contributed by atoms with Gasteiger partial charge in [-0.1, -0.05) is 6.92 Å². The second-order valence-corrected chi connectivity index (χ2v) is 3.69. The van der Waals surface area contributed by atoms with Crippen LogP contribution in [-0.4, -0.2) is 29.9 Å². The standard InChI is InChI=1S/C12H17N3O2/c1-3-15(7-6-13)10(2)12(16)14-9-11-5-4-8-17-11/h4-5,8,10H,3,7,9H2,1-2H3,(H,14,16). The summed E-state index contributed by atoms with van der Waals surface area (Å²) in [6.45, 7) is 5.01. The summed E-state index contributed by atoms with van der Waals surface area (Å²) in [5, 5.41) is 11.4. The summed E-state index contributed by atoms with van der Waals surface area (Å²) in [6, 6.07) is 5.32. The van der Waals surface area contributed by atoms with E-state index in [-0.39, 0.29) is 18.5 Å². The van der Waals surface area contributed by atoms with Gasteiger partial charge in [0.1, 0.15) is 5.76 Å². The van der Waals surface area contributed by atoms with Crippen molar-refractivity contribution in [3.8, 4) is 6.07 Å². The summed E-state index contributed by atoms with van der Waals surface area (Å²) in [4.78, 5) is 13.6. The smallest absolute Gasteiger partial charge is 0.237 e. The molecule has 0 bridgehead atoms. The molecule has 5 nitrogen and oxygen atoms in total. The molecule has 1 heterocycles. The zero-order chi connectivity index (χ0) is 12.7. The highest BCUT2D eigenvalue weighted by molar-refractivity contribution is 5.81. The van der Waals surface area contributed by atoms with Crippen LogP contribution in [0.25, 0.3) is 0 Å². The minimum absolute atomic E-state index is 0.0986. The van der Waals surface area contributed by atoms with Crippen molar-refractivity contribution in [1.29, 1.82) is 5.26 Å². The van der Waals surface area contributed by atoms with E-state index in [1.54, 1.807) is 30.2 Å². The first-order chi connectivity index (χ1) is 8.19. The molecule has 0 saturated carbocycles. The van der Waals surface area contributed by atoms with Crippen LogP contribution in [0.3, 0.4) is 0 Å². The maximum atomic E-state index is 11.8. The number of furan rings is 1. The molecule has 0 aliphatic carbocycles. The molecule has 5 heteroatoms. The lowest BCUT2D eigenvalue weighted by molar-refractivity contribution is -0.125. The van der Waals surface area contributed by atoms with Gasteiger partial charge >= 0.3 is 0 Å². The highest BCUT2D eigenvalue weighted by Gasteiger charge is 2.19. The van der Waals surface area contributed by atoms with Gasteiger partial charge in [-0.25, -0.2) is 0 Å². The Morgan fingerprint density at radius 2 is 2.47 bits per heavy atom. The Labute approximate surface area is 101 Å². The van der Waals surface area contributed by atoms with Gasteiger partial charge in [0.25, 0.3) is 0 Å². The van der Waals surface area contributed by atoms with Gasteiger partial charge < -0.3 is 9.73 Å². The molecule has 0 aliphatic rings. The van der Waals surface area contributed by atoms with Crippen LogP contribution in [0.2, 0.25) is 0 Å². The number of carbonyl (C=O) groups is 1. The van der Waals surface area contributed by atoms with Crippen LogP contribution in [0.4, 0.5) is 0 Å². The van der Waals surface area contributed by atoms with E-state index in [1.807, 2.05) is 6.92 Å². The first-order valence-corrected chi connectivity index (χ1v) is 5.60. The maximum absolute atomic E-state index is 11.8. The van der Waals surface area contributed by atoms with Crippen LogP contribution in [-0.2, 0) is 11.3 Å². The molecule has 0 spiro atoms. The number of hydrogen-bond donors (Lipinski definition) is 1. The van der Waals surface area contributed by atoms with Crippen LogP contribution >= 0.6 is 0 Å². The molecule has 1 atom stereocenters. The number of nitriles is 1. The van der Waals surface area contributed by atoms with Crippen LogP contribution < -0.4 is 5.32 Å². The van der Waals surface area contributed by atoms with Crippen molar-refractivity contribution in [2.24, 2.45) is 0 Å². The molecule has 0 aliphatic heterocycles. The Morgan fingerprint density at radius 3 is 3.00 bits per heavy atom. The summed E-state index contributed by atoms with van der Waals surface area (Å²) in [5.41, 5.74) is 0. The molecule has 1 rings (SSSR count). The quantitative estimate of drug-likeness (QED) is 0.750. The van der Waals surface area contributed by atoms with Gasteiger partial charge in [-0.15, -0.1) is 0 Å². The van der Waals surface area contributed by atoms with Gasteiger partial charge in [0.15, 0.2) is 0 Å². The van der Waals surface area contributed by atoms with E-state index >= 15 is 0 Å². The predicted octanol–water partition coefficient (Wildman–Crippen LogP) is 1.13. The second kappa shape index (κ2) is 6.71. The van der Waals surface area contributed by atoms with E-state index in [2.05, 4.69) is 11.4 Å². The van der Waals surface area contributed by atoms with Crippen molar-refractivity contribution in [3.63, 3.8) is 0 Å². The van der Waals surface area contributed by atoms with Crippen LogP contribution in [0.5, 0.6) is 0 Å². The summed E-state index contributed by atoms with van der Waals surface area (Å²) in [7, 11) is 0. The largest absolute Gasteiger partial charge is 0.467 e. The van der Waals surface area contributed by atoms with Gasteiger partial charge in [0.05, 0.1) is 31.5 Å². The Balaban J connectivity index is 2.43. The molecular formula is C12H17N3O2. The maximum Gasteiger partial charge on any atom is 0.237 e. The number of nitrogens with one attached hydrogen (secondary N) is 1. The molecule has 1 amide bonds. The molecule has 0 saturated heterocycles. The normalized spacial score (nSPS) is 12.1. The molecule has 1 aromatic rings. The van der Waals surface area contributed by atoms with Crippen LogP contribution in [0.1, 0.15) is 19.6 Å². The number of amides is 1. The fourth-order valence-corrected chi connectivity index (χ4v) is 1.51. The van der Waals surface area contributed by atoms with E-state index in [1.165, 1.54) is 0 Å². The molecular weight excluding hydrogens is 218 g/mol. The van der Waals surface area contributed by atoms with Crippen molar-refractivity contribution < 1.29 is 9.21 Å². The fourth-order valence-electron chi connectivity index (χ4n) is 1.51. The van der Waals surface area contributed by atoms with Crippen molar-refractivity contribution in [2.45, 2.75) is 26.4 Å². The zero-order valence-electron chi connectivity index (χ0n) is 10.1. The molecule has 0 fully saturated rings. The molecule has 17 heavy (non-hydrogen) atoms. The first-order valence-electron chi connectivity index (χ1n) is 5.60. The highest BCUT2D eigenvalue weighted by atomic mass is 16.3. The van der Waals surface area contributed by atoms with E-state index in [9.17, 15) is 4.79 Å². The lowest BCUT2D eigenvalue weighted by Gasteiger charge is -2.23. The van der Waals surface area contributed by atoms with Crippen LogP contribution in [0, 0.1) is 11.3 Å². The van der Waals surface area contributed by atoms with E-state index in [0.29, 0.717) is 18.8 Å². The van der Waals surface area contributed by atoms with E-state index < -0.39 is 0 Å². The van der Waals surface area contributed by atoms with Crippen molar-refractivity contribution in [2.75, 3.05) is 13.1 Å². The number of nitrogens with zero attached hydrogens (tertiary/aromatic N) is 2. The third-order valence-electron chi connectivity index (χ3n) is 2.62. The minimum atomic E-state index is -0.311. The summed E-state index contributed by atoms with van der Waals surface area (Å²) < 4.78 is 5.12. The predicted molar refractivity (Wildman–Crippen MR) is 62.9 cm³/mol. The Bertz CT molecular complexity index is 381. The second-order valence-electron chi connectivity index (χ2n) is 3.69. The monoisotopic (exact) mass is 235 g/mol. The van der Waals surface area contributed by atoms with Crippen molar-refractivity contribution in [1.82, 2.24) is 10.2 Å². The van der Waals surface area contributed by atoms with E-state index in [4.69, 9.17) is 9.68 Å². The third-order valence-corrected chi connectivity index (χ3v) is 2.62. The summed E-state index contributed by atoms with van der Waals surface area (Å²) in [6.07, 6.45) is 1.57. The lowest BCUT2D eigenvalue weighted by Crippen LogP contribution is -2.44. The van der Waals surface area contributed by atoms with E-state index in [0.717, 1.165) is 0 Å². The Morgan fingerprint density at radius 1 is 1.71 bits per heavy atom. The SMILES string of the molecule is CCN(CC#N)C(C)C(=O)NCc1ccco1. The molecule has 92 valence electrons. The molecule has 0 aromatic carbocycles. The van der Waals surface area contributed by atoms with Gasteiger partial charge in [-0.2, -0.15) is 5.26 Å². The average molecular weight is 235 g/mol. The Kier molecular flexibility index (Phi) is 5.24. The minimum Gasteiger partial charge on any atom is -0.467 e. The summed E-state index contributed by atoms with van der Waals surface area (Å²) >= 11 is 0. The topological polar surface area (TPSA) is 69.3 Å². The highest BCUT2D eigenvalue weighted by Crippen LogP contribution is 2.01. The summed E-state index contributed by atoms with van der Waals surface area (Å²) in [5.74, 6) is 0.618. The van der Waals surface area contributed by atoms with Crippen molar-refractivity contribution >= 4 is 5.91 Å². The fraction of sp³-hybridized carbons (Fsp3) is 0.500. The number of likely N-dealkylation sites (N-methyl/N-ethyl adjacent to an activating group) is 1. The van der Waals surface area contributed by atoms with Gasteiger partial charge in [0.2, 0.25) is 5.91 Å². The average Bonchev–Trinajstić information content (AvgIpc) is 2.85. The Hall–Kier alpha value is -1.80. The molecule has 0 radical (unpaired) electrons. The van der Waals surface area contributed by atoms with Crippen molar-refractivity contribution in [3.05, 3.63) is 24.2 Å². The number of hydrogen-bond acceptors (Lipinski definition) is 4. The van der Waals surface area contributed by atoms with Crippen LogP contribution in [0.15, 0.2) is 22.8 Å². The zero-order valence-corrected chi connectivity index (χ0v) is 10.1. The lowest BCUT2D eigenvalue weighted by atomic mass is 10.2. The number of rotatable bonds is 6. The molecule has 1 N–H and O–H groups in total. The first kappa shape index (κ1) is 13.3.